The first-order chi connectivity index (χ1) is 12.3. The van der Waals surface area contributed by atoms with Gasteiger partial charge in [0.15, 0.2) is 0 Å². The lowest BCUT2D eigenvalue weighted by molar-refractivity contribution is 0.112. The molecular weight excluding hydrogens is 334 g/mol. The normalized spacial score (nSPS) is 20.2. The fourth-order valence-electron chi connectivity index (χ4n) is 3.62. The molecular formula is C20H31NO3S. The van der Waals surface area contributed by atoms with Crippen LogP contribution in [0.2, 0.25) is 0 Å². The maximum atomic E-state index is 10.2. The lowest BCUT2D eigenvalue weighted by Crippen LogP contribution is -2.37. The van der Waals surface area contributed by atoms with E-state index < -0.39 is 6.10 Å². The van der Waals surface area contributed by atoms with Gasteiger partial charge in [-0.2, -0.15) is 0 Å². The SMILES string of the molecule is OC(CNC1CCCCCCC1)COSc1cccc2c1OCCC2. The average molecular weight is 366 g/mol. The minimum atomic E-state index is -0.474. The third-order valence-electron chi connectivity index (χ3n) is 5.05. The number of hydrogen-bond donors (Lipinski definition) is 2. The van der Waals surface area contributed by atoms with Crippen LogP contribution in [0.4, 0.5) is 0 Å². The molecule has 1 aliphatic carbocycles. The Bertz CT molecular complexity index is 518. The Morgan fingerprint density at radius 3 is 2.80 bits per heavy atom. The van der Waals surface area contributed by atoms with Crippen LogP contribution in [0.25, 0.3) is 0 Å². The fourth-order valence-corrected chi connectivity index (χ4v) is 4.37. The highest BCUT2D eigenvalue weighted by molar-refractivity contribution is 7.94. The van der Waals surface area contributed by atoms with Gasteiger partial charge in [-0.05, 0) is 37.3 Å². The third kappa shape index (κ3) is 6.17. The largest absolute Gasteiger partial charge is 0.492 e. The molecule has 2 aliphatic rings. The first kappa shape index (κ1) is 19.0. The van der Waals surface area contributed by atoms with Gasteiger partial charge in [-0.3, -0.25) is 0 Å². The number of aliphatic hydroxyl groups excluding tert-OH is 1. The molecule has 1 fully saturated rings. The van der Waals surface area contributed by atoms with Crippen LogP contribution in [0.3, 0.4) is 0 Å². The summed E-state index contributed by atoms with van der Waals surface area (Å²) in [6.45, 7) is 1.71. The van der Waals surface area contributed by atoms with E-state index in [1.54, 1.807) is 0 Å². The average Bonchev–Trinajstić information content (AvgIpc) is 2.61. The first-order valence-electron chi connectivity index (χ1n) is 9.78. The molecule has 1 atom stereocenters. The van der Waals surface area contributed by atoms with Crippen LogP contribution in [0.5, 0.6) is 5.75 Å². The quantitative estimate of drug-likeness (QED) is 0.713. The monoisotopic (exact) mass is 365 g/mol. The predicted molar refractivity (Wildman–Crippen MR) is 102 cm³/mol. The van der Waals surface area contributed by atoms with Crippen LogP contribution in [-0.4, -0.2) is 37.0 Å². The zero-order chi connectivity index (χ0) is 17.3. The Morgan fingerprint density at radius 2 is 1.96 bits per heavy atom. The molecule has 0 amide bonds. The smallest absolute Gasteiger partial charge is 0.138 e. The summed E-state index contributed by atoms with van der Waals surface area (Å²) in [5, 5.41) is 13.7. The molecule has 0 saturated heterocycles. The summed E-state index contributed by atoms with van der Waals surface area (Å²) in [5.41, 5.74) is 1.26. The molecule has 4 nitrogen and oxygen atoms in total. The summed E-state index contributed by atoms with van der Waals surface area (Å²) < 4.78 is 11.5. The highest BCUT2D eigenvalue weighted by Crippen LogP contribution is 2.36. The molecule has 1 heterocycles. The Kier molecular flexibility index (Phi) is 7.92. The molecule has 1 aromatic rings. The van der Waals surface area contributed by atoms with Crippen molar-refractivity contribution in [1.82, 2.24) is 5.32 Å². The Labute approximate surface area is 155 Å². The van der Waals surface area contributed by atoms with Gasteiger partial charge < -0.3 is 19.3 Å². The highest BCUT2D eigenvalue weighted by atomic mass is 32.2. The minimum absolute atomic E-state index is 0.327. The molecule has 1 unspecified atom stereocenters. The van der Waals surface area contributed by atoms with E-state index in [0.29, 0.717) is 19.2 Å². The van der Waals surface area contributed by atoms with E-state index in [1.807, 2.05) is 12.1 Å². The van der Waals surface area contributed by atoms with Crippen LogP contribution in [0.1, 0.15) is 56.9 Å². The molecule has 0 aromatic heterocycles. The zero-order valence-corrected chi connectivity index (χ0v) is 15.9. The molecule has 140 valence electrons. The fraction of sp³-hybridized carbons (Fsp3) is 0.700. The maximum absolute atomic E-state index is 10.2. The third-order valence-corrected chi connectivity index (χ3v) is 5.81. The van der Waals surface area contributed by atoms with Crippen molar-refractivity contribution in [3.8, 4) is 5.75 Å². The van der Waals surface area contributed by atoms with Crippen molar-refractivity contribution >= 4 is 12.0 Å². The van der Waals surface area contributed by atoms with Crippen LogP contribution < -0.4 is 10.1 Å². The number of aliphatic hydroxyl groups is 1. The topological polar surface area (TPSA) is 50.7 Å². The first-order valence-corrected chi connectivity index (χ1v) is 10.5. The van der Waals surface area contributed by atoms with Crippen molar-refractivity contribution in [3.05, 3.63) is 23.8 Å². The predicted octanol–water partition coefficient (Wildman–Crippen LogP) is 4.10. The van der Waals surface area contributed by atoms with Gasteiger partial charge in [-0.15, -0.1) is 0 Å². The van der Waals surface area contributed by atoms with E-state index in [-0.39, 0.29) is 0 Å². The summed E-state index contributed by atoms with van der Waals surface area (Å²) in [6.07, 6.45) is 10.8. The second-order valence-corrected chi connectivity index (χ2v) is 8.01. The van der Waals surface area contributed by atoms with Gasteiger partial charge >= 0.3 is 0 Å². The Balaban J connectivity index is 1.37. The summed E-state index contributed by atoms with van der Waals surface area (Å²) in [7, 11) is 0. The summed E-state index contributed by atoms with van der Waals surface area (Å²) in [4.78, 5) is 1.01. The van der Waals surface area contributed by atoms with Crippen LogP contribution in [0, 0.1) is 0 Å². The number of aryl methyl sites for hydroxylation is 1. The van der Waals surface area contributed by atoms with Gasteiger partial charge in [0, 0.05) is 24.6 Å². The summed E-state index contributed by atoms with van der Waals surface area (Å²) in [5.74, 6) is 0.959. The van der Waals surface area contributed by atoms with Crippen molar-refractivity contribution in [3.63, 3.8) is 0 Å². The lowest BCUT2D eigenvalue weighted by atomic mass is 9.97. The van der Waals surface area contributed by atoms with Crippen LogP contribution in [-0.2, 0) is 10.6 Å². The molecule has 3 rings (SSSR count). The number of rotatable bonds is 7. The molecule has 0 spiro atoms. The molecule has 2 N–H and O–H groups in total. The van der Waals surface area contributed by atoms with Crippen molar-refractivity contribution < 1.29 is 14.0 Å². The molecule has 25 heavy (non-hydrogen) atoms. The second kappa shape index (κ2) is 10.4. The van der Waals surface area contributed by atoms with Crippen LogP contribution in [0.15, 0.2) is 23.1 Å². The number of ether oxygens (including phenoxy) is 1. The zero-order valence-electron chi connectivity index (χ0n) is 15.0. The molecule has 1 aromatic carbocycles. The van der Waals surface area contributed by atoms with E-state index in [0.717, 1.165) is 30.1 Å². The van der Waals surface area contributed by atoms with E-state index >= 15 is 0 Å². The van der Waals surface area contributed by atoms with Gasteiger partial charge in [0.1, 0.15) is 5.75 Å². The standard InChI is InChI=1S/C20H31NO3S/c22-18(14-21-17-10-4-2-1-3-5-11-17)15-24-25-19-12-6-8-16-9-7-13-23-20(16)19/h6,8,12,17-18,21-22H,1-5,7,9-11,13-15H2. The molecule has 5 heteroatoms. The van der Waals surface area contributed by atoms with Crippen molar-refractivity contribution in [2.45, 2.75) is 74.8 Å². The van der Waals surface area contributed by atoms with E-state index in [1.165, 1.54) is 62.6 Å². The van der Waals surface area contributed by atoms with Gasteiger partial charge in [0.25, 0.3) is 0 Å². The maximum Gasteiger partial charge on any atom is 0.138 e. The Morgan fingerprint density at radius 1 is 1.16 bits per heavy atom. The van der Waals surface area contributed by atoms with Crippen molar-refractivity contribution in [1.29, 1.82) is 0 Å². The van der Waals surface area contributed by atoms with Gasteiger partial charge in [0.05, 0.1) is 24.2 Å². The lowest BCUT2D eigenvalue weighted by Gasteiger charge is -2.23. The Hall–Kier alpha value is -0.750. The number of nitrogens with one attached hydrogen (secondary N) is 1. The molecule has 0 bridgehead atoms. The molecule has 0 radical (unpaired) electrons. The van der Waals surface area contributed by atoms with Crippen LogP contribution >= 0.6 is 12.0 Å². The number of fused-ring (bicyclic) bond motifs is 1. The number of para-hydroxylation sites is 1. The van der Waals surface area contributed by atoms with Gasteiger partial charge in [-0.25, -0.2) is 0 Å². The second-order valence-electron chi connectivity index (χ2n) is 7.17. The van der Waals surface area contributed by atoms with E-state index in [9.17, 15) is 5.11 Å². The number of hydrogen-bond acceptors (Lipinski definition) is 5. The highest BCUT2D eigenvalue weighted by Gasteiger charge is 2.16. The van der Waals surface area contributed by atoms with Gasteiger partial charge in [-0.1, -0.05) is 44.2 Å². The minimum Gasteiger partial charge on any atom is -0.492 e. The number of benzene rings is 1. The summed E-state index contributed by atoms with van der Waals surface area (Å²) in [6, 6.07) is 6.74. The van der Waals surface area contributed by atoms with E-state index in [4.69, 9.17) is 8.92 Å². The van der Waals surface area contributed by atoms with Gasteiger partial charge in [0.2, 0.25) is 0 Å². The molecule has 1 saturated carbocycles. The summed E-state index contributed by atoms with van der Waals surface area (Å²) >= 11 is 1.32. The van der Waals surface area contributed by atoms with E-state index in [2.05, 4.69) is 11.4 Å². The van der Waals surface area contributed by atoms with Crippen molar-refractivity contribution in [2.75, 3.05) is 19.8 Å². The van der Waals surface area contributed by atoms with Crippen molar-refractivity contribution in [2.24, 2.45) is 0 Å². The molecule has 1 aliphatic heterocycles.